The predicted molar refractivity (Wildman–Crippen MR) is 39.4 cm³/mol. The van der Waals surface area contributed by atoms with Gasteiger partial charge in [-0.15, -0.1) is 0 Å². The Bertz CT molecular complexity index is 269. The van der Waals surface area contributed by atoms with Crippen molar-refractivity contribution in [3.63, 3.8) is 0 Å². The van der Waals surface area contributed by atoms with E-state index in [0.29, 0.717) is 0 Å². The number of rotatable bonds is 5. The van der Waals surface area contributed by atoms with Crippen LogP contribution in [0.3, 0.4) is 0 Å². The molecular formula is C6H10O6S-2. The molecule has 0 aromatic carbocycles. The van der Waals surface area contributed by atoms with Crippen LogP contribution in [0, 0.1) is 0 Å². The van der Waals surface area contributed by atoms with Gasteiger partial charge >= 0.3 is 0 Å². The molecule has 2 atom stereocenters. The van der Waals surface area contributed by atoms with Gasteiger partial charge in [0.25, 0.3) is 0 Å². The maximum Gasteiger partial charge on any atom is 0.103 e. The van der Waals surface area contributed by atoms with Crippen LogP contribution in [0.2, 0.25) is 0 Å². The summed E-state index contributed by atoms with van der Waals surface area (Å²) in [6.45, 7) is 1.54. The van der Waals surface area contributed by atoms with E-state index < -0.39 is 33.9 Å². The molecule has 13 heavy (non-hydrogen) atoms. The van der Waals surface area contributed by atoms with E-state index in [0.717, 1.165) is 0 Å². The van der Waals surface area contributed by atoms with Gasteiger partial charge in [-0.2, -0.15) is 0 Å². The number of hydrogen-bond acceptors (Lipinski definition) is 6. The van der Waals surface area contributed by atoms with Gasteiger partial charge in [0.05, 0.1) is 17.3 Å². The van der Waals surface area contributed by atoms with E-state index in [-0.39, 0.29) is 6.42 Å². The molecule has 0 aromatic heterocycles. The first-order valence-corrected chi connectivity index (χ1v) is 5.09. The van der Waals surface area contributed by atoms with Crippen molar-refractivity contribution in [1.29, 1.82) is 0 Å². The van der Waals surface area contributed by atoms with E-state index in [1.807, 2.05) is 0 Å². The van der Waals surface area contributed by atoms with E-state index in [2.05, 4.69) is 0 Å². The van der Waals surface area contributed by atoms with Gasteiger partial charge in [0, 0.05) is 0 Å². The molecule has 0 bridgehead atoms. The molecule has 0 aliphatic rings. The van der Waals surface area contributed by atoms with Crippen LogP contribution in [0.25, 0.3) is 0 Å². The Morgan fingerprint density at radius 1 is 1.54 bits per heavy atom. The normalized spacial score (nSPS) is 16.5. The molecule has 78 valence electrons. The van der Waals surface area contributed by atoms with Gasteiger partial charge < -0.3 is 19.6 Å². The zero-order valence-electron chi connectivity index (χ0n) is 6.97. The molecule has 1 N–H and O–H groups in total. The minimum atomic E-state index is -4.94. The van der Waals surface area contributed by atoms with Crippen LogP contribution in [-0.2, 0) is 14.9 Å². The smallest absolute Gasteiger partial charge is 0.103 e. The Labute approximate surface area is 75.9 Å². The molecular weight excluding hydrogens is 200 g/mol. The van der Waals surface area contributed by atoms with Crippen molar-refractivity contribution in [2.24, 2.45) is 0 Å². The quantitative estimate of drug-likeness (QED) is 0.515. The summed E-state index contributed by atoms with van der Waals surface area (Å²) in [5, 5.41) is 17.0. The first-order chi connectivity index (χ1) is 5.79. The summed E-state index contributed by atoms with van der Waals surface area (Å²) in [4.78, 5) is 10.2. The average Bonchev–Trinajstić information content (AvgIpc) is 1.96. The van der Waals surface area contributed by atoms with Crippen molar-refractivity contribution in [2.45, 2.75) is 31.1 Å². The molecule has 0 rings (SSSR count). The molecule has 0 aliphatic carbocycles. The summed E-state index contributed by atoms with van der Waals surface area (Å²) in [6, 6.07) is 0. The highest BCUT2D eigenvalue weighted by Crippen LogP contribution is 2.08. The SMILES string of the molecule is CCC(O)CC(C(=O)[O-])S(=O)(=O)[O-]. The number of aliphatic carboxylic acids is 1. The van der Waals surface area contributed by atoms with Crippen molar-refractivity contribution in [1.82, 2.24) is 0 Å². The Morgan fingerprint density at radius 2 is 2.00 bits per heavy atom. The van der Waals surface area contributed by atoms with Gasteiger partial charge in [-0.1, -0.05) is 6.92 Å². The number of carbonyl (C=O) groups is 1. The van der Waals surface area contributed by atoms with E-state index in [9.17, 15) is 22.9 Å². The molecule has 0 fully saturated rings. The number of carbonyl (C=O) groups excluding carboxylic acids is 1. The van der Waals surface area contributed by atoms with Crippen LogP contribution in [0.5, 0.6) is 0 Å². The summed E-state index contributed by atoms with van der Waals surface area (Å²) < 4.78 is 31.0. The summed E-state index contributed by atoms with van der Waals surface area (Å²) in [6.07, 6.45) is -1.56. The number of hydrogen-bond donors (Lipinski definition) is 1. The topological polar surface area (TPSA) is 118 Å². The molecule has 0 aliphatic heterocycles. The summed E-state index contributed by atoms with van der Waals surface area (Å²) in [7, 11) is -4.94. The second-order valence-electron chi connectivity index (χ2n) is 2.60. The monoisotopic (exact) mass is 210 g/mol. The zero-order chi connectivity index (χ0) is 10.6. The molecule has 0 saturated heterocycles. The highest BCUT2D eigenvalue weighted by molar-refractivity contribution is 7.87. The Hall–Kier alpha value is -0.660. The minimum absolute atomic E-state index is 0.180. The van der Waals surface area contributed by atoms with Gasteiger partial charge in [0.2, 0.25) is 0 Å². The number of aliphatic hydroxyl groups excluding tert-OH is 1. The van der Waals surface area contributed by atoms with Crippen LogP contribution in [0.1, 0.15) is 19.8 Å². The fourth-order valence-corrected chi connectivity index (χ4v) is 1.44. The van der Waals surface area contributed by atoms with Gasteiger partial charge in [0.15, 0.2) is 0 Å². The molecule has 0 heterocycles. The summed E-state index contributed by atoms with van der Waals surface area (Å²) in [5.41, 5.74) is 0. The van der Waals surface area contributed by atoms with Gasteiger partial charge in [-0.3, -0.25) is 0 Å². The van der Waals surface area contributed by atoms with Crippen LogP contribution < -0.4 is 5.11 Å². The summed E-state index contributed by atoms with van der Waals surface area (Å²) >= 11 is 0. The van der Waals surface area contributed by atoms with Crippen molar-refractivity contribution >= 4 is 16.1 Å². The van der Waals surface area contributed by atoms with Gasteiger partial charge in [-0.05, 0) is 12.8 Å². The average molecular weight is 210 g/mol. The first-order valence-electron chi connectivity index (χ1n) is 3.62. The molecule has 0 aromatic rings. The van der Waals surface area contributed by atoms with Gasteiger partial charge in [-0.25, -0.2) is 8.42 Å². The number of carboxylic acids is 1. The first kappa shape index (κ1) is 12.3. The van der Waals surface area contributed by atoms with Crippen molar-refractivity contribution < 1.29 is 28.0 Å². The molecule has 0 spiro atoms. The van der Waals surface area contributed by atoms with E-state index >= 15 is 0 Å². The third-order valence-electron chi connectivity index (χ3n) is 1.57. The maximum absolute atomic E-state index is 10.3. The Morgan fingerprint density at radius 3 is 2.23 bits per heavy atom. The molecule has 7 heteroatoms. The standard InChI is InChI=1S/C6H12O6S/c1-2-4(7)3-5(6(8)9)13(10,11)12/h4-5,7H,2-3H2,1H3,(H,8,9)(H,10,11,12)/p-2. The van der Waals surface area contributed by atoms with E-state index in [1.54, 1.807) is 0 Å². The van der Waals surface area contributed by atoms with Crippen molar-refractivity contribution in [3.05, 3.63) is 0 Å². The maximum atomic E-state index is 10.3. The Balaban J connectivity index is 4.56. The minimum Gasteiger partial charge on any atom is -0.747 e. The number of aliphatic hydroxyl groups is 1. The molecule has 6 nitrogen and oxygen atoms in total. The van der Waals surface area contributed by atoms with Crippen LogP contribution in [-0.4, -0.2) is 35.4 Å². The van der Waals surface area contributed by atoms with Gasteiger partial charge in [0.1, 0.15) is 10.1 Å². The van der Waals surface area contributed by atoms with Crippen LogP contribution in [0.15, 0.2) is 0 Å². The molecule has 0 saturated carbocycles. The second-order valence-corrected chi connectivity index (χ2v) is 4.15. The fourth-order valence-electron chi connectivity index (χ4n) is 0.746. The van der Waals surface area contributed by atoms with Crippen LogP contribution >= 0.6 is 0 Å². The van der Waals surface area contributed by atoms with Crippen molar-refractivity contribution in [2.75, 3.05) is 0 Å². The van der Waals surface area contributed by atoms with E-state index in [1.165, 1.54) is 6.92 Å². The highest BCUT2D eigenvalue weighted by Gasteiger charge is 2.20. The van der Waals surface area contributed by atoms with Crippen molar-refractivity contribution in [3.8, 4) is 0 Å². The lowest BCUT2D eigenvalue weighted by Gasteiger charge is -2.23. The second kappa shape index (κ2) is 4.54. The van der Waals surface area contributed by atoms with Crippen LogP contribution in [0.4, 0.5) is 0 Å². The Kier molecular flexibility index (Phi) is 4.31. The third-order valence-corrected chi connectivity index (χ3v) is 2.65. The third kappa shape index (κ3) is 4.20. The fraction of sp³-hybridized carbons (Fsp3) is 0.833. The predicted octanol–water partition coefficient (Wildman–Crippen LogP) is -2.19. The molecule has 0 radical (unpaired) electrons. The lowest BCUT2D eigenvalue weighted by Crippen LogP contribution is -2.42. The molecule has 0 amide bonds. The lowest BCUT2D eigenvalue weighted by molar-refractivity contribution is -0.305. The van der Waals surface area contributed by atoms with E-state index in [4.69, 9.17) is 5.11 Å². The largest absolute Gasteiger partial charge is 0.747 e. The highest BCUT2D eigenvalue weighted by atomic mass is 32.2. The number of carboxylic acid groups (broad SMARTS) is 1. The molecule has 2 unspecified atom stereocenters. The lowest BCUT2D eigenvalue weighted by atomic mass is 10.1. The summed E-state index contributed by atoms with van der Waals surface area (Å²) in [5.74, 6) is -1.97. The zero-order valence-corrected chi connectivity index (χ0v) is 7.78.